The van der Waals surface area contributed by atoms with Crippen molar-refractivity contribution in [2.24, 2.45) is 0 Å². The van der Waals surface area contributed by atoms with Gasteiger partial charge in [-0.05, 0) is 12.5 Å². The molecule has 1 unspecified atom stereocenters. The Labute approximate surface area is 82.0 Å². The Morgan fingerprint density at radius 3 is 3.21 bits per heavy atom. The fourth-order valence-electron chi connectivity index (χ4n) is 1.67. The summed E-state index contributed by atoms with van der Waals surface area (Å²) < 4.78 is 10.4. The molecule has 0 aromatic rings. The average molecular weight is 193 g/mol. The molecule has 0 aromatic heterocycles. The summed E-state index contributed by atoms with van der Waals surface area (Å²) in [5.74, 6) is 0.919. The monoisotopic (exact) mass is 193 g/mol. The highest BCUT2D eigenvalue weighted by Gasteiger charge is 2.30. The van der Waals surface area contributed by atoms with Crippen molar-refractivity contribution in [3.8, 4) is 0 Å². The Morgan fingerprint density at radius 1 is 1.43 bits per heavy atom. The quantitative estimate of drug-likeness (QED) is 0.628. The maximum absolute atomic E-state index is 5.59. The number of hydrogen-bond donors (Lipinski definition) is 0. The molecule has 2 heterocycles. The van der Waals surface area contributed by atoms with Crippen LogP contribution in [0.3, 0.4) is 0 Å². The molecular weight excluding hydrogens is 182 g/mol. The molecule has 1 aliphatic carbocycles. The van der Waals surface area contributed by atoms with E-state index >= 15 is 0 Å². The van der Waals surface area contributed by atoms with Crippen LogP contribution in [0, 0.1) is 0 Å². The lowest BCUT2D eigenvalue weighted by Crippen LogP contribution is -2.29. The highest BCUT2D eigenvalue weighted by molar-refractivity contribution is 5.36. The van der Waals surface area contributed by atoms with Crippen LogP contribution in [0.15, 0.2) is 35.8 Å². The molecule has 0 bridgehead atoms. The molecular formula is C10H11NO3. The molecule has 3 rings (SSSR count). The summed E-state index contributed by atoms with van der Waals surface area (Å²) in [6, 6.07) is 0. The van der Waals surface area contributed by atoms with Crippen molar-refractivity contribution in [3.63, 3.8) is 0 Å². The van der Waals surface area contributed by atoms with E-state index in [0.717, 1.165) is 12.2 Å². The van der Waals surface area contributed by atoms with Gasteiger partial charge in [0.05, 0.1) is 6.61 Å². The van der Waals surface area contributed by atoms with Gasteiger partial charge in [0.15, 0.2) is 12.0 Å². The Morgan fingerprint density at radius 2 is 2.43 bits per heavy atom. The van der Waals surface area contributed by atoms with E-state index in [-0.39, 0.29) is 6.23 Å². The van der Waals surface area contributed by atoms with Gasteiger partial charge in [-0.15, -0.1) is 0 Å². The predicted molar refractivity (Wildman–Crippen MR) is 48.5 cm³/mol. The van der Waals surface area contributed by atoms with E-state index in [0.29, 0.717) is 13.4 Å². The molecule has 0 spiro atoms. The molecule has 0 saturated carbocycles. The molecule has 0 aromatic carbocycles. The van der Waals surface area contributed by atoms with Crippen molar-refractivity contribution < 1.29 is 14.3 Å². The summed E-state index contributed by atoms with van der Waals surface area (Å²) in [4.78, 5) is 5.59. The Kier molecular flexibility index (Phi) is 1.82. The molecule has 74 valence electrons. The minimum absolute atomic E-state index is 0.103. The largest absolute Gasteiger partial charge is 0.377 e. The number of rotatable bonds is 1. The second-order valence-corrected chi connectivity index (χ2v) is 3.38. The van der Waals surface area contributed by atoms with Crippen LogP contribution in [0.1, 0.15) is 6.42 Å². The zero-order valence-corrected chi connectivity index (χ0v) is 7.68. The van der Waals surface area contributed by atoms with E-state index in [9.17, 15) is 0 Å². The minimum atomic E-state index is -0.103. The van der Waals surface area contributed by atoms with Crippen LogP contribution in [-0.2, 0) is 14.3 Å². The minimum Gasteiger partial charge on any atom is -0.377 e. The third-order valence-electron chi connectivity index (χ3n) is 2.41. The smallest absolute Gasteiger partial charge is 0.190 e. The van der Waals surface area contributed by atoms with Crippen molar-refractivity contribution in [2.45, 2.75) is 12.6 Å². The highest BCUT2D eigenvalue weighted by atomic mass is 16.8. The number of allylic oxidation sites excluding steroid dienone is 4. The van der Waals surface area contributed by atoms with Crippen molar-refractivity contribution in [2.75, 3.05) is 13.4 Å². The first-order chi connectivity index (χ1) is 6.93. The van der Waals surface area contributed by atoms with Crippen LogP contribution in [0.25, 0.3) is 0 Å². The molecule has 4 nitrogen and oxygen atoms in total. The van der Waals surface area contributed by atoms with Crippen LogP contribution >= 0.6 is 0 Å². The summed E-state index contributed by atoms with van der Waals surface area (Å²) in [6.07, 6.45) is 8.88. The van der Waals surface area contributed by atoms with E-state index in [4.69, 9.17) is 14.3 Å². The third-order valence-corrected chi connectivity index (χ3v) is 2.41. The molecule has 2 aliphatic heterocycles. The topological polar surface area (TPSA) is 30.9 Å². The first-order valence-corrected chi connectivity index (χ1v) is 4.67. The first kappa shape index (κ1) is 8.08. The van der Waals surface area contributed by atoms with Gasteiger partial charge in [0.2, 0.25) is 0 Å². The van der Waals surface area contributed by atoms with E-state index in [1.54, 1.807) is 5.06 Å². The number of hydroxylamine groups is 2. The molecule has 0 amide bonds. The van der Waals surface area contributed by atoms with Gasteiger partial charge in [-0.25, -0.2) is 0 Å². The van der Waals surface area contributed by atoms with Crippen LogP contribution in [-0.4, -0.2) is 24.7 Å². The van der Waals surface area contributed by atoms with Gasteiger partial charge in [0.1, 0.15) is 6.79 Å². The second-order valence-electron chi connectivity index (χ2n) is 3.38. The number of fused-ring (bicyclic) bond motifs is 1. The van der Waals surface area contributed by atoms with Crippen LogP contribution in [0.5, 0.6) is 0 Å². The van der Waals surface area contributed by atoms with Crippen molar-refractivity contribution >= 4 is 0 Å². The van der Waals surface area contributed by atoms with Gasteiger partial charge in [-0.2, -0.15) is 5.06 Å². The number of nitrogens with zero attached hydrogens (tertiary/aromatic N) is 1. The fourth-order valence-corrected chi connectivity index (χ4v) is 1.67. The van der Waals surface area contributed by atoms with Crippen LogP contribution in [0.4, 0.5) is 0 Å². The molecule has 0 N–H and O–H groups in total. The lowest BCUT2D eigenvalue weighted by atomic mass is 10.1. The van der Waals surface area contributed by atoms with E-state index in [2.05, 4.69) is 6.08 Å². The predicted octanol–water partition coefficient (Wildman–Crippen LogP) is 1.29. The van der Waals surface area contributed by atoms with E-state index in [1.807, 2.05) is 18.4 Å². The molecule has 4 heteroatoms. The molecule has 0 radical (unpaired) electrons. The average Bonchev–Trinajstić information content (AvgIpc) is 2.86. The maximum atomic E-state index is 5.59. The summed E-state index contributed by atoms with van der Waals surface area (Å²) in [5.41, 5.74) is 1.20. The molecule has 1 atom stereocenters. The standard InChI is InChI=1S/C10H11NO3/c1-2-4-9-8(3-1)5-11(14-9)10-6-12-7-13-10/h1-2,4-5,10H,3,6-7H2. The van der Waals surface area contributed by atoms with Crippen LogP contribution in [0.2, 0.25) is 0 Å². The normalized spacial score (nSPS) is 29.7. The Bertz CT molecular complexity index is 326. The Balaban J connectivity index is 1.77. The first-order valence-electron chi connectivity index (χ1n) is 4.67. The lowest BCUT2D eigenvalue weighted by molar-refractivity contribution is -0.163. The van der Waals surface area contributed by atoms with Gasteiger partial charge in [-0.1, -0.05) is 12.2 Å². The zero-order valence-electron chi connectivity index (χ0n) is 7.68. The van der Waals surface area contributed by atoms with Gasteiger partial charge < -0.3 is 14.3 Å². The van der Waals surface area contributed by atoms with Crippen molar-refractivity contribution in [1.82, 2.24) is 5.06 Å². The SMILES string of the molecule is C1=CCC2=CN(C3COCO3)OC2=C1. The number of ether oxygens (including phenoxy) is 2. The number of hydrogen-bond acceptors (Lipinski definition) is 4. The lowest BCUT2D eigenvalue weighted by Gasteiger charge is -2.20. The molecule has 1 fully saturated rings. The van der Waals surface area contributed by atoms with Gasteiger partial charge >= 0.3 is 0 Å². The highest BCUT2D eigenvalue weighted by Crippen LogP contribution is 2.30. The Hall–Kier alpha value is -1.26. The van der Waals surface area contributed by atoms with Gasteiger partial charge in [-0.3, -0.25) is 0 Å². The molecule has 14 heavy (non-hydrogen) atoms. The van der Waals surface area contributed by atoms with Gasteiger partial charge in [0.25, 0.3) is 0 Å². The van der Waals surface area contributed by atoms with E-state index in [1.165, 1.54) is 5.57 Å². The summed E-state index contributed by atoms with van der Waals surface area (Å²) in [5, 5.41) is 1.72. The molecule has 1 saturated heterocycles. The molecule has 3 aliphatic rings. The van der Waals surface area contributed by atoms with Crippen molar-refractivity contribution in [3.05, 3.63) is 35.8 Å². The third kappa shape index (κ3) is 1.23. The maximum Gasteiger partial charge on any atom is 0.190 e. The summed E-state index contributed by atoms with van der Waals surface area (Å²) in [6.45, 7) is 0.912. The summed E-state index contributed by atoms with van der Waals surface area (Å²) >= 11 is 0. The fraction of sp³-hybridized carbons (Fsp3) is 0.400. The van der Waals surface area contributed by atoms with E-state index < -0.39 is 0 Å². The van der Waals surface area contributed by atoms with Crippen molar-refractivity contribution in [1.29, 1.82) is 0 Å². The summed E-state index contributed by atoms with van der Waals surface area (Å²) in [7, 11) is 0. The van der Waals surface area contributed by atoms with Gasteiger partial charge in [0, 0.05) is 11.8 Å². The zero-order chi connectivity index (χ0) is 9.38. The van der Waals surface area contributed by atoms with Crippen LogP contribution < -0.4 is 0 Å². The second kappa shape index (κ2) is 3.15.